The summed E-state index contributed by atoms with van der Waals surface area (Å²) in [4.78, 5) is 40.1. The molecular formula is C22H22N4O5S. The molecule has 1 aromatic heterocycles. The number of thiazole rings is 1. The number of methoxy groups -OCH3 is 2. The van der Waals surface area contributed by atoms with E-state index < -0.39 is 12.0 Å². The average Bonchev–Trinajstić information content (AvgIpc) is 3.25. The molecule has 0 unspecified atom stereocenters. The van der Waals surface area contributed by atoms with Crippen LogP contribution in [0.5, 0.6) is 5.75 Å². The fourth-order valence-electron chi connectivity index (χ4n) is 2.69. The van der Waals surface area contributed by atoms with Gasteiger partial charge in [-0.05, 0) is 55.0 Å². The first-order valence-corrected chi connectivity index (χ1v) is 10.5. The van der Waals surface area contributed by atoms with E-state index in [1.165, 1.54) is 18.4 Å². The van der Waals surface area contributed by atoms with E-state index in [1.54, 1.807) is 61.0 Å². The lowest BCUT2D eigenvalue weighted by Crippen LogP contribution is -2.19. The predicted octanol–water partition coefficient (Wildman–Crippen LogP) is 4.15. The summed E-state index contributed by atoms with van der Waals surface area (Å²) in [5, 5.41) is 10.4. The maximum absolute atomic E-state index is 12.2. The number of benzene rings is 2. The van der Waals surface area contributed by atoms with Crippen molar-refractivity contribution in [3.8, 4) is 5.75 Å². The van der Waals surface area contributed by atoms with Crippen LogP contribution in [-0.2, 0) is 16.0 Å². The molecule has 1 heterocycles. The standard InChI is InChI=1S/C22H22N4O5S/c1-30-18-10-7-16(8-11-18)24-21(29)26-22-25-17(13-32-22)9-12-19(27)23-15-5-3-14(4-6-15)20(28)31-2/h3-8,10-11,13H,9,12H2,1-2H3,(H,23,27)(H2,24,25,26,29). The number of nitrogens with zero attached hydrogens (tertiary/aromatic N) is 1. The summed E-state index contributed by atoms with van der Waals surface area (Å²) in [6.07, 6.45) is 0.643. The van der Waals surface area contributed by atoms with Crippen LogP contribution in [0.3, 0.4) is 0 Å². The maximum Gasteiger partial charge on any atom is 0.337 e. The molecule has 0 fully saturated rings. The van der Waals surface area contributed by atoms with Crippen LogP contribution in [0.15, 0.2) is 53.9 Å². The van der Waals surface area contributed by atoms with Crippen LogP contribution in [0.1, 0.15) is 22.5 Å². The van der Waals surface area contributed by atoms with E-state index in [4.69, 9.17) is 4.74 Å². The summed E-state index contributed by atoms with van der Waals surface area (Å²) in [5.41, 5.74) is 2.31. The SMILES string of the molecule is COC(=O)c1ccc(NC(=O)CCc2csc(NC(=O)Nc3ccc(OC)cc3)n2)cc1. The lowest BCUT2D eigenvalue weighted by Gasteiger charge is -2.06. The van der Waals surface area contributed by atoms with Crippen molar-refractivity contribution in [2.45, 2.75) is 12.8 Å². The third-order valence-electron chi connectivity index (χ3n) is 4.32. The number of esters is 1. The number of ether oxygens (including phenoxy) is 2. The largest absolute Gasteiger partial charge is 0.497 e. The second-order valence-corrected chi connectivity index (χ2v) is 7.43. The molecule has 10 heteroatoms. The van der Waals surface area contributed by atoms with Crippen LogP contribution >= 0.6 is 11.3 Å². The molecule has 32 heavy (non-hydrogen) atoms. The number of hydrogen-bond acceptors (Lipinski definition) is 7. The first-order valence-electron chi connectivity index (χ1n) is 9.61. The highest BCUT2D eigenvalue weighted by Crippen LogP contribution is 2.19. The van der Waals surface area contributed by atoms with Crippen molar-refractivity contribution in [2.24, 2.45) is 0 Å². The average molecular weight is 455 g/mol. The zero-order valence-corrected chi connectivity index (χ0v) is 18.3. The minimum atomic E-state index is -0.437. The highest BCUT2D eigenvalue weighted by molar-refractivity contribution is 7.13. The number of aryl methyl sites for hydroxylation is 1. The topological polar surface area (TPSA) is 119 Å². The number of rotatable bonds is 8. The molecule has 0 saturated carbocycles. The number of aromatic nitrogens is 1. The van der Waals surface area contributed by atoms with Gasteiger partial charge in [-0.15, -0.1) is 11.3 Å². The van der Waals surface area contributed by atoms with Gasteiger partial charge in [0.2, 0.25) is 5.91 Å². The van der Waals surface area contributed by atoms with Crippen molar-refractivity contribution in [2.75, 3.05) is 30.2 Å². The van der Waals surface area contributed by atoms with Crippen molar-refractivity contribution < 1.29 is 23.9 Å². The predicted molar refractivity (Wildman–Crippen MR) is 122 cm³/mol. The highest BCUT2D eigenvalue weighted by Gasteiger charge is 2.10. The number of hydrogen-bond donors (Lipinski definition) is 3. The summed E-state index contributed by atoms with van der Waals surface area (Å²) < 4.78 is 9.72. The quantitative estimate of drug-likeness (QED) is 0.440. The lowest BCUT2D eigenvalue weighted by atomic mass is 10.2. The molecule has 0 atom stereocenters. The molecule has 3 amide bonds. The van der Waals surface area contributed by atoms with E-state index in [2.05, 4.69) is 25.7 Å². The van der Waals surface area contributed by atoms with Gasteiger partial charge >= 0.3 is 12.0 Å². The molecule has 0 spiro atoms. The molecule has 9 nitrogen and oxygen atoms in total. The molecule has 3 aromatic rings. The number of urea groups is 1. The zero-order valence-electron chi connectivity index (χ0n) is 17.5. The first-order chi connectivity index (χ1) is 15.5. The van der Waals surface area contributed by atoms with E-state index in [9.17, 15) is 14.4 Å². The van der Waals surface area contributed by atoms with E-state index in [-0.39, 0.29) is 12.3 Å². The Balaban J connectivity index is 1.44. The van der Waals surface area contributed by atoms with Crippen LogP contribution in [0.2, 0.25) is 0 Å². The Morgan fingerprint density at radius 2 is 1.56 bits per heavy atom. The van der Waals surface area contributed by atoms with Crippen LogP contribution in [0, 0.1) is 0 Å². The van der Waals surface area contributed by atoms with Gasteiger partial charge in [-0.3, -0.25) is 10.1 Å². The summed E-state index contributed by atoms with van der Waals surface area (Å²) in [5.74, 6) is 0.0758. The monoisotopic (exact) mass is 454 g/mol. The molecule has 0 aliphatic carbocycles. The lowest BCUT2D eigenvalue weighted by molar-refractivity contribution is -0.116. The molecule has 0 radical (unpaired) electrons. The number of carbonyl (C=O) groups is 3. The first kappa shape index (κ1) is 22.8. The van der Waals surface area contributed by atoms with E-state index in [1.807, 2.05) is 0 Å². The fraction of sp³-hybridized carbons (Fsp3) is 0.182. The van der Waals surface area contributed by atoms with Gasteiger partial charge in [0.05, 0.1) is 25.5 Å². The number of amides is 3. The Morgan fingerprint density at radius 1 is 0.906 bits per heavy atom. The minimum Gasteiger partial charge on any atom is -0.497 e. The summed E-state index contributed by atoms with van der Waals surface area (Å²) in [6.45, 7) is 0. The molecule has 3 N–H and O–H groups in total. The minimum absolute atomic E-state index is 0.185. The Kier molecular flexibility index (Phi) is 7.76. The van der Waals surface area contributed by atoms with Crippen molar-refractivity contribution in [3.63, 3.8) is 0 Å². The van der Waals surface area contributed by atoms with Gasteiger partial charge in [0.25, 0.3) is 0 Å². The van der Waals surface area contributed by atoms with Crippen molar-refractivity contribution >= 4 is 45.8 Å². The Labute approximate surface area is 188 Å². The third-order valence-corrected chi connectivity index (χ3v) is 5.12. The van der Waals surface area contributed by atoms with Crippen LogP contribution < -0.4 is 20.7 Å². The summed E-state index contributed by atoms with van der Waals surface area (Å²) in [7, 11) is 2.88. The molecular weight excluding hydrogens is 432 g/mol. The van der Waals surface area contributed by atoms with Gasteiger partial charge in [-0.25, -0.2) is 14.6 Å². The van der Waals surface area contributed by atoms with E-state index in [0.29, 0.717) is 39.9 Å². The Hall–Kier alpha value is -3.92. The molecule has 3 rings (SSSR count). The van der Waals surface area contributed by atoms with Crippen LogP contribution in [0.25, 0.3) is 0 Å². The molecule has 0 aliphatic heterocycles. The maximum atomic E-state index is 12.2. The summed E-state index contributed by atoms with van der Waals surface area (Å²) in [6, 6.07) is 13.0. The summed E-state index contributed by atoms with van der Waals surface area (Å²) >= 11 is 1.28. The number of nitrogens with one attached hydrogen (secondary N) is 3. The van der Waals surface area contributed by atoms with Crippen molar-refractivity contribution in [1.82, 2.24) is 4.98 Å². The molecule has 2 aromatic carbocycles. The van der Waals surface area contributed by atoms with Crippen molar-refractivity contribution in [1.29, 1.82) is 0 Å². The zero-order chi connectivity index (χ0) is 22.9. The van der Waals surface area contributed by atoms with Crippen molar-refractivity contribution in [3.05, 3.63) is 65.2 Å². The number of anilines is 3. The van der Waals surface area contributed by atoms with Crippen LogP contribution in [0.4, 0.5) is 21.3 Å². The Bertz CT molecular complexity index is 1080. The fourth-order valence-corrected chi connectivity index (χ4v) is 3.43. The highest BCUT2D eigenvalue weighted by atomic mass is 32.1. The van der Waals surface area contributed by atoms with E-state index in [0.717, 1.165) is 0 Å². The molecule has 0 saturated heterocycles. The van der Waals surface area contributed by atoms with Crippen LogP contribution in [-0.4, -0.2) is 37.1 Å². The second-order valence-electron chi connectivity index (χ2n) is 6.57. The normalized spacial score (nSPS) is 10.2. The molecule has 0 bridgehead atoms. The van der Waals surface area contributed by atoms with Gasteiger partial charge in [0, 0.05) is 23.2 Å². The Morgan fingerprint density at radius 3 is 2.22 bits per heavy atom. The van der Waals surface area contributed by atoms with Gasteiger partial charge in [-0.2, -0.15) is 0 Å². The van der Waals surface area contributed by atoms with Gasteiger partial charge in [0.15, 0.2) is 5.13 Å². The number of carbonyl (C=O) groups excluding carboxylic acids is 3. The van der Waals surface area contributed by atoms with E-state index >= 15 is 0 Å². The molecule has 0 aliphatic rings. The van der Waals surface area contributed by atoms with Gasteiger partial charge in [-0.1, -0.05) is 0 Å². The smallest absolute Gasteiger partial charge is 0.337 e. The third kappa shape index (κ3) is 6.54. The van der Waals surface area contributed by atoms with Gasteiger partial charge < -0.3 is 20.1 Å². The molecule has 166 valence electrons. The van der Waals surface area contributed by atoms with Gasteiger partial charge in [0.1, 0.15) is 5.75 Å². The second kappa shape index (κ2) is 10.9.